The normalized spacial score (nSPS) is 10.9. The third kappa shape index (κ3) is 4.53. The van der Waals surface area contributed by atoms with Crippen LogP contribution in [0, 0.1) is 0 Å². The van der Waals surface area contributed by atoms with Crippen LogP contribution in [-0.2, 0) is 13.0 Å². The minimum Gasteiger partial charge on any atom is -0.312 e. The Hall–Kier alpha value is -1.60. The Morgan fingerprint density at radius 2 is 1.53 bits per heavy atom. The fraction of sp³-hybridized carbons (Fsp3) is 0.333. The molecule has 19 heavy (non-hydrogen) atoms. The average molecular weight is 253 g/mol. The monoisotopic (exact) mass is 253 g/mol. The van der Waals surface area contributed by atoms with E-state index in [0.717, 1.165) is 19.5 Å². The van der Waals surface area contributed by atoms with Crippen molar-refractivity contribution in [2.24, 2.45) is 0 Å². The molecule has 2 rings (SSSR count). The molecule has 0 saturated heterocycles. The molecular weight excluding hydrogens is 230 g/mol. The molecular formula is C18H23N. The largest absolute Gasteiger partial charge is 0.312 e. The van der Waals surface area contributed by atoms with Crippen LogP contribution in [0.3, 0.4) is 0 Å². The Balaban J connectivity index is 1.74. The van der Waals surface area contributed by atoms with Gasteiger partial charge in [-0.1, -0.05) is 68.4 Å². The molecule has 0 saturated carbocycles. The van der Waals surface area contributed by atoms with E-state index in [1.54, 1.807) is 0 Å². The molecule has 2 aromatic rings. The van der Waals surface area contributed by atoms with Gasteiger partial charge in [-0.05, 0) is 35.6 Å². The molecule has 0 unspecified atom stereocenters. The van der Waals surface area contributed by atoms with E-state index in [0.29, 0.717) is 5.92 Å². The summed E-state index contributed by atoms with van der Waals surface area (Å²) >= 11 is 0. The average Bonchev–Trinajstić information content (AvgIpc) is 2.45. The van der Waals surface area contributed by atoms with Crippen molar-refractivity contribution in [2.75, 3.05) is 6.54 Å². The van der Waals surface area contributed by atoms with Gasteiger partial charge in [-0.15, -0.1) is 0 Å². The van der Waals surface area contributed by atoms with Crippen molar-refractivity contribution in [1.82, 2.24) is 5.32 Å². The van der Waals surface area contributed by atoms with Gasteiger partial charge in [0.25, 0.3) is 0 Å². The molecule has 0 aliphatic heterocycles. The van der Waals surface area contributed by atoms with E-state index in [1.165, 1.54) is 16.7 Å². The Kier molecular flexibility index (Phi) is 5.17. The van der Waals surface area contributed by atoms with Crippen molar-refractivity contribution < 1.29 is 0 Å². The molecule has 1 heteroatoms. The molecule has 0 atom stereocenters. The van der Waals surface area contributed by atoms with E-state index in [1.807, 2.05) is 0 Å². The molecule has 0 heterocycles. The molecule has 100 valence electrons. The lowest BCUT2D eigenvalue weighted by molar-refractivity contribution is 0.686. The first-order valence-corrected chi connectivity index (χ1v) is 7.09. The second-order valence-corrected chi connectivity index (χ2v) is 5.31. The van der Waals surface area contributed by atoms with Gasteiger partial charge in [0.1, 0.15) is 0 Å². The molecule has 0 bridgehead atoms. The highest BCUT2D eigenvalue weighted by molar-refractivity contribution is 5.24. The van der Waals surface area contributed by atoms with Crippen molar-refractivity contribution in [2.45, 2.75) is 32.7 Å². The molecule has 0 aromatic heterocycles. The van der Waals surface area contributed by atoms with Gasteiger partial charge in [-0.2, -0.15) is 0 Å². The smallest absolute Gasteiger partial charge is 0.0205 e. The second-order valence-electron chi connectivity index (χ2n) is 5.31. The van der Waals surface area contributed by atoms with Gasteiger partial charge in [-0.25, -0.2) is 0 Å². The summed E-state index contributed by atoms with van der Waals surface area (Å²) in [6, 6.07) is 19.5. The van der Waals surface area contributed by atoms with Crippen molar-refractivity contribution in [3.05, 3.63) is 71.3 Å². The number of rotatable bonds is 6. The highest BCUT2D eigenvalue weighted by Crippen LogP contribution is 2.14. The standard InChI is InChI=1S/C18H23N/c1-15(2)18-10-8-17(9-11-18)14-19-13-12-16-6-4-3-5-7-16/h3-11,15,19H,12-14H2,1-2H3. The lowest BCUT2D eigenvalue weighted by Gasteiger charge is -2.08. The van der Waals surface area contributed by atoms with E-state index in [9.17, 15) is 0 Å². The lowest BCUT2D eigenvalue weighted by atomic mass is 10.0. The highest BCUT2D eigenvalue weighted by atomic mass is 14.8. The zero-order valence-corrected chi connectivity index (χ0v) is 11.9. The van der Waals surface area contributed by atoms with Gasteiger partial charge in [0.05, 0.1) is 0 Å². The van der Waals surface area contributed by atoms with Crippen LogP contribution in [0.25, 0.3) is 0 Å². The quantitative estimate of drug-likeness (QED) is 0.763. The molecule has 0 spiro atoms. The molecule has 0 radical (unpaired) electrons. The van der Waals surface area contributed by atoms with Crippen molar-refractivity contribution in [1.29, 1.82) is 0 Å². The second kappa shape index (κ2) is 7.10. The fourth-order valence-corrected chi connectivity index (χ4v) is 2.13. The van der Waals surface area contributed by atoms with Crippen LogP contribution in [-0.4, -0.2) is 6.54 Å². The van der Waals surface area contributed by atoms with E-state index in [4.69, 9.17) is 0 Å². The number of hydrogen-bond donors (Lipinski definition) is 1. The summed E-state index contributed by atoms with van der Waals surface area (Å²) < 4.78 is 0. The first kappa shape index (κ1) is 13.8. The van der Waals surface area contributed by atoms with Crippen molar-refractivity contribution in [3.63, 3.8) is 0 Å². The number of nitrogens with one attached hydrogen (secondary N) is 1. The molecule has 1 nitrogen and oxygen atoms in total. The third-order valence-corrected chi connectivity index (χ3v) is 3.41. The predicted molar refractivity (Wildman–Crippen MR) is 82.4 cm³/mol. The maximum atomic E-state index is 3.50. The van der Waals surface area contributed by atoms with Crippen LogP contribution >= 0.6 is 0 Å². The van der Waals surface area contributed by atoms with Crippen LogP contribution in [0.4, 0.5) is 0 Å². The Labute approximate surface area is 116 Å². The Morgan fingerprint density at radius 3 is 2.16 bits per heavy atom. The molecule has 0 amide bonds. The zero-order chi connectivity index (χ0) is 13.5. The highest BCUT2D eigenvalue weighted by Gasteiger charge is 1.98. The Morgan fingerprint density at radius 1 is 0.842 bits per heavy atom. The zero-order valence-electron chi connectivity index (χ0n) is 11.9. The summed E-state index contributed by atoms with van der Waals surface area (Å²) in [7, 11) is 0. The van der Waals surface area contributed by atoms with Crippen LogP contribution in [0.1, 0.15) is 36.5 Å². The van der Waals surface area contributed by atoms with Gasteiger partial charge < -0.3 is 5.32 Å². The predicted octanol–water partition coefficient (Wildman–Crippen LogP) is 4.14. The summed E-state index contributed by atoms with van der Waals surface area (Å²) in [4.78, 5) is 0. The summed E-state index contributed by atoms with van der Waals surface area (Å²) in [5.74, 6) is 0.611. The summed E-state index contributed by atoms with van der Waals surface area (Å²) in [6.07, 6.45) is 1.09. The first-order chi connectivity index (χ1) is 9.25. The first-order valence-electron chi connectivity index (χ1n) is 7.09. The van der Waals surface area contributed by atoms with E-state index in [2.05, 4.69) is 73.8 Å². The van der Waals surface area contributed by atoms with E-state index < -0.39 is 0 Å². The van der Waals surface area contributed by atoms with Gasteiger partial charge in [0.15, 0.2) is 0 Å². The topological polar surface area (TPSA) is 12.0 Å². The van der Waals surface area contributed by atoms with Gasteiger partial charge in [0.2, 0.25) is 0 Å². The lowest BCUT2D eigenvalue weighted by Crippen LogP contribution is -2.16. The summed E-state index contributed by atoms with van der Waals surface area (Å²) in [5.41, 5.74) is 4.16. The maximum Gasteiger partial charge on any atom is 0.0205 e. The minimum atomic E-state index is 0.611. The fourth-order valence-electron chi connectivity index (χ4n) is 2.13. The van der Waals surface area contributed by atoms with E-state index >= 15 is 0 Å². The molecule has 1 N–H and O–H groups in total. The molecule has 2 aromatic carbocycles. The van der Waals surface area contributed by atoms with Crippen LogP contribution in [0.2, 0.25) is 0 Å². The van der Waals surface area contributed by atoms with Crippen LogP contribution in [0.15, 0.2) is 54.6 Å². The summed E-state index contributed by atoms with van der Waals surface area (Å²) in [5, 5.41) is 3.50. The van der Waals surface area contributed by atoms with Crippen LogP contribution < -0.4 is 5.32 Å². The summed E-state index contributed by atoms with van der Waals surface area (Å²) in [6.45, 7) is 6.43. The van der Waals surface area contributed by atoms with Gasteiger partial charge in [-0.3, -0.25) is 0 Å². The van der Waals surface area contributed by atoms with Gasteiger partial charge >= 0.3 is 0 Å². The van der Waals surface area contributed by atoms with Gasteiger partial charge in [0, 0.05) is 6.54 Å². The van der Waals surface area contributed by atoms with Crippen molar-refractivity contribution >= 4 is 0 Å². The van der Waals surface area contributed by atoms with Crippen LogP contribution in [0.5, 0.6) is 0 Å². The van der Waals surface area contributed by atoms with E-state index in [-0.39, 0.29) is 0 Å². The minimum absolute atomic E-state index is 0.611. The number of benzene rings is 2. The third-order valence-electron chi connectivity index (χ3n) is 3.41. The maximum absolute atomic E-state index is 3.50. The van der Waals surface area contributed by atoms with Crippen molar-refractivity contribution in [3.8, 4) is 0 Å². The number of hydrogen-bond acceptors (Lipinski definition) is 1. The SMILES string of the molecule is CC(C)c1ccc(CNCCc2ccccc2)cc1. The molecule has 0 fully saturated rings. The molecule has 0 aliphatic rings. The Bertz CT molecular complexity index is 471. The molecule has 0 aliphatic carbocycles.